The Morgan fingerprint density at radius 1 is 1.18 bits per heavy atom. The number of ether oxygens (including phenoxy) is 2. The first-order valence-electron chi connectivity index (χ1n) is 9.35. The maximum Gasteiger partial charge on any atom is 0.246 e. The van der Waals surface area contributed by atoms with Gasteiger partial charge >= 0.3 is 0 Å². The number of fused-ring (bicyclic) bond motifs is 3. The number of para-hydroxylation sites is 1. The molecule has 3 aromatic rings. The summed E-state index contributed by atoms with van der Waals surface area (Å²) < 4.78 is 17.8. The van der Waals surface area contributed by atoms with Gasteiger partial charge in [0, 0.05) is 17.5 Å². The highest BCUT2D eigenvalue weighted by Crippen LogP contribution is 2.50. The van der Waals surface area contributed by atoms with Crippen molar-refractivity contribution in [1.29, 1.82) is 0 Å². The van der Waals surface area contributed by atoms with Gasteiger partial charge in [-0.05, 0) is 37.3 Å². The van der Waals surface area contributed by atoms with Crippen molar-refractivity contribution in [1.82, 2.24) is 5.01 Å². The van der Waals surface area contributed by atoms with Gasteiger partial charge in [-0.2, -0.15) is 5.10 Å². The minimum absolute atomic E-state index is 0.00314. The predicted molar refractivity (Wildman–Crippen MR) is 104 cm³/mol. The summed E-state index contributed by atoms with van der Waals surface area (Å²) in [6.45, 7) is 2.52. The Labute approximate surface area is 162 Å². The third-order valence-electron chi connectivity index (χ3n) is 5.05. The smallest absolute Gasteiger partial charge is 0.246 e. The molecule has 0 fully saturated rings. The number of hydrazone groups is 1. The number of benzene rings is 2. The van der Waals surface area contributed by atoms with Gasteiger partial charge in [0.25, 0.3) is 0 Å². The Kier molecular flexibility index (Phi) is 3.97. The summed E-state index contributed by atoms with van der Waals surface area (Å²) in [5, 5.41) is 16.6. The Hall–Kier alpha value is -3.41. The van der Waals surface area contributed by atoms with E-state index < -0.39 is 6.23 Å². The number of furan rings is 1. The third kappa shape index (κ3) is 2.69. The predicted octanol–water partition coefficient (Wildman–Crippen LogP) is 4.63. The van der Waals surface area contributed by atoms with Crippen molar-refractivity contribution in [2.24, 2.45) is 5.10 Å². The molecule has 0 aliphatic carbocycles. The largest absolute Gasteiger partial charge is 0.508 e. The van der Waals surface area contributed by atoms with Crippen LogP contribution in [0.15, 0.2) is 70.4 Å². The summed E-state index contributed by atoms with van der Waals surface area (Å²) >= 11 is 0. The third-order valence-corrected chi connectivity index (χ3v) is 5.05. The summed E-state index contributed by atoms with van der Waals surface area (Å²) in [7, 11) is 0. The van der Waals surface area contributed by atoms with Crippen molar-refractivity contribution in [2.75, 3.05) is 6.61 Å². The van der Waals surface area contributed by atoms with Gasteiger partial charge in [0.2, 0.25) is 6.23 Å². The fraction of sp³-hybridized carbons (Fsp3) is 0.227. The van der Waals surface area contributed by atoms with Crippen LogP contribution in [0.25, 0.3) is 0 Å². The molecular formula is C22H20N2O4. The molecule has 5 rings (SSSR count). The summed E-state index contributed by atoms with van der Waals surface area (Å²) in [5.41, 5.74) is 2.83. The molecule has 2 aliphatic rings. The van der Waals surface area contributed by atoms with Crippen LogP contribution in [0.4, 0.5) is 0 Å². The van der Waals surface area contributed by atoms with Crippen LogP contribution in [-0.2, 0) is 0 Å². The van der Waals surface area contributed by atoms with E-state index in [4.69, 9.17) is 19.0 Å². The van der Waals surface area contributed by atoms with Crippen LogP contribution < -0.4 is 9.47 Å². The Morgan fingerprint density at radius 3 is 2.86 bits per heavy atom. The Bertz CT molecular complexity index is 1030. The van der Waals surface area contributed by atoms with E-state index in [0.717, 1.165) is 28.3 Å². The molecule has 2 aromatic carbocycles. The molecule has 28 heavy (non-hydrogen) atoms. The van der Waals surface area contributed by atoms with Crippen LogP contribution in [0.1, 0.15) is 42.5 Å². The van der Waals surface area contributed by atoms with Gasteiger partial charge in [-0.3, -0.25) is 0 Å². The normalized spacial score (nSPS) is 20.2. The Balaban J connectivity index is 1.61. The number of hydrogen-bond donors (Lipinski definition) is 1. The van der Waals surface area contributed by atoms with Crippen molar-refractivity contribution in [2.45, 2.75) is 25.6 Å². The SMILES string of the molecule is CCOc1cccc2c1O[C@@H](c1ccco1)N1N=C(c3cccc(O)c3)C[C@@H]21. The van der Waals surface area contributed by atoms with E-state index in [1.165, 1.54) is 0 Å². The van der Waals surface area contributed by atoms with E-state index in [9.17, 15) is 5.11 Å². The topological polar surface area (TPSA) is 67.4 Å². The van der Waals surface area contributed by atoms with Crippen molar-refractivity contribution in [3.8, 4) is 17.2 Å². The quantitative estimate of drug-likeness (QED) is 0.719. The fourth-order valence-corrected chi connectivity index (χ4v) is 3.83. The van der Waals surface area contributed by atoms with Crippen LogP contribution in [0, 0.1) is 0 Å². The highest BCUT2D eigenvalue weighted by molar-refractivity contribution is 6.02. The average Bonchev–Trinajstić information content (AvgIpc) is 3.38. The number of nitrogens with zero attached hydrogens (tertiary/aromatic N) is 2. The zero-order valence-corrected chi connectivity index (χ0v) is 15.4. The molecule has 0 saturated heterocycles. The minimum atomic E-state index is -0.482. The molecule has 0 unspecified atom stereocenters. The molecule has 1 aromatic heterocycles. The molecule has 0 bridgehead atoms. The minimum Gasteiger partial charge on any atom is -0.508 e. The van der Waals surface area contributed by atoms with Crippen LogP contribution in [0.2, 0.25) is 0 Å². The van der Waals surface area contributed by atoms with Crippen LogP contribution in [0.3, 0.4) is 0 Å². The standard InChI is InChI=1S/C22H20N2O4/c1-2-26-19-9-4-8-16-18-13-17(14-6-3-7-15(25)12-14)23-24(18)22(28-21(16)19)20-10-5-11-27-20/h3-12,18,22,25H,2,13H2,1H3/t18-,22-/m0/s1. The van der Waals surface area contributed by atoms with Gasteiger partial charge in [-0.15, -0.1) is 0 Å². The lowest BCUT2D eigenvalue weighted by atomic mass is 9.96. The number of hydrogen-bond acceptors (Lipinski definition) is 6. The molecule has 6 nitrogen and oxygen atoms in total. The second-order valence-electron chi connectivity index (χ2n) is 6.79. The first-order valence-corrected chi connectivity index (χ1v) is 9.35. The zero-order chi connectivity index (χ0) is 19.1. The molecule has 6 heteroatoms. The maximum atomic E-state index is 9.86. The van der Waals surface area contributed by atoms with E-state index >= 15 is 0 Å². The molecule has 1 N–H and O–H groups in total. The van der Waals surface area contributed by atoms with Gasteiger partial charge in [-0.1, -0.05) is 24.3 Å². The molecule has 3 heterocycles. The van der Waals surface area contributed by atoms with E-state index in [0.29, 0.717) is 18.8 Å². The molecular weight excluding hydrogens is 356 g/mol. The first kappa shape index (κ1) is 16.7. The molecule has 0 amide bonds. The summed E-state index contributed by atoms with van der Waals surface area (Å²) in [6.07, 6.45) is 1.85. The molecule has 0 saturated carbocycles. The lowest BCUT2D eigenvalue weighted by Crippen LogP contribution is -2.33. The highest BCUT2D eigenvalue weighted by Gasteiger charge is 2.43. The molecule has 142 valence electrons. The number of rotatable bonds is 4. The summed E-state index contributed by atoms with van der Waals surface area (Å²) in [6, 6.07) is 16.8. The van der Waals surface area contributed by atoms with E-state index in [1.54, 1.807) is 18.4 Å². The highest BCUT2D eigenvalue weighted by atomic mass is 16.5. The van der Waals surface area contributed by atoms with Crippen LogP contribution in [0.5, 0.6) is 17.2 Å². The van der Waals surface area contributed by atoms with Gasteiger partial charge < -0.3 is 19.0 Å². The lowest BCUT2D eigenvalue weighted by Gasteiger charge is -2.37. The van der Waals surface area contributed by atoms with E-state index in [1.807, 2.05) is 48.3 Å². The van der Waals surface area contributed by atoms with Gasteiger partial charge in [-0.25, -0.2) is 5.01 Å². The van der Waals surface area contributed by atoms with Gasteiger partial charge in [0.1, 0.15) is 5.75 Å². The van der Waals surface area contributed by atoms with E-state index in [2.05, 4.69) is 6.07 Å². The van der Waals surface area contributed by atoms with Gasteiger partial charge in [0.15, 0.2) is 17.3 Å². The fourth-order valence-electron chi connectivity index (χ4n) is 3.83. The summed E-state index contributed by atoms with van der Waals surface area (Å²) in [4.78, 5) is 0. The number of phenolic OH excluding ortho intramolecular Hbond substituents is 1. The van der Waals surface area contributed by atoms with Crippen molar-refractivity contribution in [3.63, 3.8) is 0 Å². The number of phenols is 1. The summed E-state index contributed by atoms with van der Waals surface area (Å²) in [5.74, 6) is 2.37. The first-order chi connectivity index (χ1) is 13.7. The molecule has 0 radical (unpaired) electrons. The van der Waals surface area contributed by atoms with Gasteiger partial charge in [0.05, 0.1) is 24.6 Å². The second kappa shape index (κ2) is 6.64. The van der Waals surface area contributed by atoms with Crippen LogP contribution >= 0.6 is 0 Å². The average molecular weight is 376 g/mol. The molecule has 0 spiro atoms. The maximum absolute atomic E-state index is 9.86. The van der Waals surface area contributed by atoms with Crippen molar-refractivity contribution >= 4 is 5.71 Å². The van der Waals surface area contributed by atoms with Crippen molar-refractivity contribution < 1.29 is 19.0 Å². The lowest BCUT2D eigenvalue weighted by molar-refractivity contribution is -0.0344. The van der Waals surface area contributed by atoms with Crippen LogP contribution in [-0.4, -0.2) is 22.4 Å². The monoisotopic (exact) mass is 376 g/mol. The Morgan fingerprint density at radius 2 is 2.07 bits per heavy atom. The second-order valence-corrected chi connectivity index (χ2v) is 6.79. The van der Waals surface area contributed by atoms with Crippen molar-refractivity contribution in [3.05, 3.63) is 77.7 Å². The molecule has 2 aliphatic heterocycles. The number of aromatic hydroxyl groups is 1. The van der Waals surface area contributed by atoms with E-state index in [-0.39, 0.29) is 11.8 Å². The zero-order valence-electron chi connectivity index (χ0n) is 15.4. The molecule has 2 atom stereocenters.